The minimum atomic E-state index is -0.0125. The molecule has 0 aliphatic rings. The van der Waals surface area contributed by atoms with E-state index in [0.717, 1.165) is 16.8 Å². The van der Waals surface area contributed by atoms with Gasteiger partial charge in [0.05, 0.1) is 6.61 Å². The van der Waals surface area contributed by atoms with Gasteiger partial charge in [0.1, 0.15) is 16.5 Å². The van der Waals surface area contributed by atoms with Gasteiger partial charge in [-0.3, -0.25) is 0 Å². The summed E-state index contributed by atoms with van der Waals surface area (Å²) in [6.07, 6.45) is 0.774. The first kappa shape index (κ1) is 12.4. The lowest BCUT2D eigenvalue weighted by Gasteiger charge is -2.13. The zero-order valence-corrected chi connectivity index (χ0v) is 10.7. The number of methoxy groups -OCH3 is 1. The highest BCUT2D eigenvalue weighted by Crippen LogP contribution is 2.15. The van der Waals surface area contributed by atoms with E-state index in [1.807, 2.05) is 13.8 Å². The van der Waals surface area contributed by atoms with E-state index in [1.54, 1.807) is 13.2 Å². The van der Waals surface area contributed by atoms with Gasteiger partial charge in [-0.1, -0.05) is 6.92 Å². The van der Waals surface area contributed by atoms with Gasteiger partial charge in [-0.05, 0) is 22.9 Å². The summed E-state index contributed by atoms with van der Waals surface area (Å²) >= 11 is 3.32. The van der Waals surface area contributed by atoms with E-state index >= 15 is 0 Å². The summed E-state index contributed by atoms with van der Waals surface area (Å²) in [6.45, 7) is 4.48. The van der Waals surface area contributed by atoms with Crippen molar-refractivity contribution in [3.63, 3.8) is 0 Å². The third-order valence-corrected chi connectivity index (χ3v) is 2.16. The van der Waals surface area contributed by atoms with Crippen LogP contribution in [-0.2, 0) is 11.2 Å². The summed E-state index contributed by atoms with van der Waals surface area (Å²) < 4.78 is 11.3. The minimum absolute atomic E-state index is 0.0125. The normalized spacial score (nSPS) is 12.5. The molecule has 1 unspecified atom stereocenters. The van der Waals surface area contributed by atoms with Gasteiger partial charge in [-0.25, -0.2) is 4.98 Å². The molecule has 0 spiro atoms. The molecule has 4 nitrogen and oxygen atoms in total. The summed E-state index contributed by atoms with van der Waals surface area (Å²) in [4.78, 5) is 8.46. The Hall–Kier alpha value is -0.680. The molecule has 0 saturated carbocycles. The first-order valence-corrected chi connectivity index (χ1v) is 5.64. The van der Waals surface area contributed by atoms with Crippen LogP contribution < -0.4 is 4.74 Å². The van der Waals surface area contributed by atoms with E-state index in [4.69, 9.17) is 9.47 Å². The number of halogens is 1. The van der Waals surface area contributed by atoms with Crippen LogP contribution in [-0.4, -0.2) is 29.8 Å². The second kappa shape index (κ2) is 6.02. The van der Waals surface area contributed by atoms with Crippen LogP contribution >= 0.6 is 15.9 Å². The molecule has 0 N–H and O–H groups in total. The average Bonchev–Trinajstić information content (AvgIpc) is 2.17. The van der Waals surface area contributed by atoms with Crippen molar-refractivity contribution in [1.82, 2.24) is 9.97 Å². The van der Waals surface area contributed by atoms with E-state index in [2.05, 4.69) is 25.9 Å². The average molecular weight is 275 g/mol. The molecule has 1 aromatic heterocycles. The van der Waals surface area contributed by atoms with Crippen LogP contribution in [0.25, 0.3) is 0 Å². The fourth-order valence-electron chi connectivity index (χ4n) is 1.14. The molecule has 84 valence electrons. The molecule has 1 atom stereocenters. The number of hydrogen-bond acceptors (Lipinski definition) is 4. The molecule has 0 amide bonds. The van der Waals surface area contributed by atoms with Gasteiger partial charge in [-0.15, -0.1) is 0 Å². The van der Waals surface area contributed by atoms with Crippen molar-refractivity contribution >= 4 is 15.9 Å². The summed E-state index contributed by atoms with van der Waals surface area (Å²) in [5, 5.41) is 0. The standard InChI is InChI=1S/C10H15BrN2O2/c1-4-9-12-8(11)5-10(13-9)15-7(2)6-14-3/h5,7H,4,6H2,1-3H3. The molecule has 0 aromatic carbocycles. The molecular weight excluding hydrogens is 260 g/mol. The van der Waals surface area contributed by atoms with E-state index in [1.165, 1.54) is 0 Å². The zero-order valence-electron chi connectivity index (χ0n) is 9.16. The van der Waals surface area contributed by atoms with Crippen LogP contribution in [0.1, 0.15) is 19.7 Å². The van der Waals surface area contributed by atoms with Gasteiger partial charge in [0.2, 0.25) is 5.88 Å². The minimum Gasteiger partial charge on any atom is -0.472 e. The van der Waals surface area contributed by atoms with Crippen LogP contribution in [0, 0.1) is 0 Å². The fraction of sp³-hybridized carbons (Fsp3) is 0.600. The lowest BCUT2D eigenvalue weighted by Crippen LogP contribution is -2.19. The topological polar surface area (TPSA) is 44.2 Å². The highest BCUT2D eigenvalue weighted by Gasteiger charge is 2.07. The maximum Gasteiger partial charge on any atom is 0.218 e. The third-order valence-electron chi connectivity index (χ3n) is 1.76. The van der Waals surface area contributed by atoms with Gasteiger partial charge in [-0.2, -0.15) is 4.98 Å². The van der Waals surface area contributed by atoms with Crippen molar-refractivity contribution in [2.75, 3.05) is 13.7 Å². The SMILES string of the molecule is CCc1nc(Br)cc(OC(C)COC)n1. The number of rotatable bonds is 5. The molecule has 0 radical (unpaired) electrons. The lowest BCUT2D eigenvalue weighted by atomic mass is 10.4. The van der Waals surface area contributed by atoms with E-state index < -0.39 is 0 Å². The Bertz CT molecular complexity index is 320. The van der Waals surface area contributed by atoms with Crippen LogP contribution in [0.15, 0.2) is 10.7 Å². The molecule has 1 heterocycles. The van der Waals surface area contributed by atoms with Crippen molar-refractivity contribution in [3.8, 4) is 5.88 Å². The molecule has 5 heteroatoms. The molecule has 1 aromatic rings. The Kier molecular flexibility index (Phi) is 4.98. The molecule has 0 bridgehead atoms. The molecule has 15 heavy (non-hydrogen) atoms. The quantitative estimate of drug-likeness (QED) is 0.773. The van der Waals surface area contributed by atoms with E-state index in [9.17, 15) is 0 Å². The molecule has 0 aliphatic heterocycles. The summed E-state index contributed by atoms with van der Waals surface area (Å²) in [5.74, 6) is 1.35. The van der Waals surface area contributed by atoms with Gasteiger partial charge < -0.3 is 9.47 Å². The molecule has 0 fully saturated rings. The van der Waals surface area contributed by atoms with Gasteiger partial charge in [0.25, 0.3) is 0 Å². The van der Waals surface area contributed by atoms with Crippen LogP contribution in [0.2, 0.25) is 0 Å². The maximum absolute atomic E-state index is 5.57. The number of aromatic nitrogens is 2. The monoisotopic (exact) mass is 274 g/mol. The smallest absolute Gasteiger partial charge is 0.218 e. The summed E-state index contributed by atoms with van der Waals surface area (Å²) in [5.41, 5.74) is 0. The summed E-state index contributed by atoms with van der Waals surface area (Å²) in [6, 6.07) is 1.76. The number of hydrogen-bond donors (Lipinski definition) is 0. The van der Waals surface area contributed by atoms with Crippen molar-refractivity contribution < 1.29 is 9.47 Å². The predicted octanol–water partition coefficient (Wildman–Crippen LogP) is 2.22. The molecular formula is C10H15BrN2O2. The van der Waals surface area contributed by atoms with Crippen LogP contribution in [0.3, 0.4) is 0 Å². The summed E-state index contributed by atoms with van der Waals surface area (Å²) in [7, 11) is 1.65. The Labute approximate surface area is 98.2 Å². The maximum atomic E-state index is 5.57. The third kappa shape index (κ3) is 4.13. The van der Waals surface area contributed by atoms with Crippen LogP contribution in [0.4, 0.5) is 0 Å². The highest BCUT2D eigenvalue weighted by atomic mass is 79.9. The molecule has 1 rings (SSSR count). The Morgan fingerprint density at radius 3 is 2.80 bits per heavy atom. The Morgan fingerprint density at radius 1 is 1.47 bits per heavy atom. The van der Waals surface area contributed by atoms with E-state index in [-0.39, 0.29) is 6.10 Å². The predicted molar refractivity (Wildman–Crippen MR) is 61.1 cm³/mol. The fourth-order valence-corrected chi connectivity index (χ4v) is 1.54. The van der Waals surface area contributed by atoms with Gasteiger partial charge >= 0.3 is 0 Å². The second-order valence-electron chi connectivity index (χ2n) is 3.18. The van der Waals surface area contributed by atoms with Crippen molar-refractivity contribution in [2.45, 2.75) is 26.4 Å². The van der Waals surface area contributed by atoms with Crippen molar-refractivity contribution in [2.24, 2.45) is 0 Å². The number of aryl methyl sites for hydroxylation is 1. The molecule has 0 aliphatic carbocycles. The first-order chi connectivity index (χ1) is 7.15. The highest BCUT2D eigenvalue weighted by molar-refractivity contribution is 9.10. The van der Waals surface area contributed by atoms with Crippen LogP contribution in [0.5, 0.6) is 5.88 Å². The van der Waals surface area contributed by atoms with Gasteiger partial charge in [0.15, 0.2) is 0 Å². The second-order valence-corrected chi connectivity index (χ2v) is 3.99. The first-order valence-electron chi connectivity index (χ1n) is 4.84. The van der Waals surface area contributed by atoms with Gasteiger partial charge in [0, 0.05) is 19.6 Å². The van der Waals surface area contributed by atoms with E-state index in [0.29, 0.717) is 12.5 Å². The number of ether oxygens (including phenoxy) is 2. The van der Waals surface area contributed by atoms with Crippen molar-refractivity contribution in [1.29, 1.82) is 0 Å². The largest absolute Gasteiger partial charge is 0.472 e. The molecule has 0 saturated heterocycles. The number of nitrogens with zero attached hydrogens (tertiary/aromatic N) is 2. The Balaban J connectivity index is 2.71. The van der Waals surface area contributed by atoms with Crippen molar-refractivity contribution in [3.05, 3.63) is 16.5 Å². The lowest BCUT2D eigenvalue weighted by molar-refractivity contribution is 0.0886. The Morgan fingerprint density at radius 2 is 2.20 bits per heavy atom. The zero-order chi connectivity index (χ0) is 11.3.